The monoisotopic (exact) mass is 444 g/mol. The highest BCUT2D eigenvalue weighted by Gasteiger charge is 2.46. The van der Waals surface area contributed by atoms with E-state index in [1.807, 2.05) is 0 Å². The van der Waals surface area contributed by atoms with Crippen LogP contribution in [0.1, 0.15) is 117 Å². The van der Waals surface area contributed by atoms with Gasteiger partial charge in [-0.15, -0.1) is 0 Å². The Morgan fingerprint density at radius 2 is 1.13 bits per heavy atom. The van der Waals surface area contributed by atoms with Crippen molar-refractivity contribution in [2.45, 2.75) is 129 Å². The number of hydrogen-bond donors (Lipinski definition) is 1. The first-order chi connectivity index (χ1) is 15.0. The fraction of sp³-hybridized carbons (Fsp3) is 0.917. The molecule has 0 unspecified atom stereocenters. The summed E-state index contributed by atoms with van der Waals surface area (Å²) in [6.07, 6.45) is 12.5. The van der Waals surface area contributed by atoms with Gasteiger partial charge in [-0.1, -0.05) is 78.1 Å². The van der Waals surface area contributed by atoms with Crippen molar-refractivity contribution in [3.63, 3.8) is 0 Å². The summed E-state index contributed by atoms with van der Waals surface area (Å²) in [4.78, 5) is 24.1. The van der Waals surface area contributed by atoms with Crippen LogP contribution in [-0.4, -0.2) is 42.5 Å². The van der Waals surface area contributed by atoms with E-state index in [4.69, 9.17) is 18.9 Å². The number of rotatable bonds is 17. The van der Waals surface area contributed by atoms with E-state index in [2.05, 4.69) is 13.8 Å². The molecule has 7 heteroatoms. The lowest BCUT2D eigenvalue weighted by Gasteiger charge is -2.33. The Hall–Kier alpha value is -1.18. The van der Waals surface area contributed by atoms with Gasteiger partial charge < -0.3 is 24.1 Å². The van der Waals surface area contributed by atoms with Crippen LogP contribution in [0.25, 0.3) is 0 Å². The van der Waals surface area contributed by atoms with Crippen LogP contribution in [-0.2, 0) is 28.5 Å². The average molecular weight is 445 g/mol. The fourth-order valence-electron chi connectivity index (χ4n) is 3.45. The molecule has 1 aliphatic rings. The number of carbonyl (C=O) groups is 2. The number of hydrogen-bond acceptors (Lipinski definition) is 7. The van der Waals surface area contributed by atoms with Crippen LogP contribution in [0.15, 0.2) is 0 Å². The maximum absolute atomic E-state index is 12.1. The van der Waals surface area contributed by atoms with Crippen LogP contribution in [0.3, 0.4) is 0 Å². The van der Waals surface area contributed by atoms with E-state index >= 15 is 0 Å². The Morgan fingerprint density at radius 1 is 0.742 bits per heavy atom. The molecular formula is C24H44O7. The Balaban J connectivity index is 2.62. The lowest BCUT2D eigenvalue weighted by molar-refractivity contribution is -0.429. The van der Waals surface area contributed by atoms with Gasteiger partial charge in [0.2, 0.25) is 0 Å². The van der Waals surface area contributed by atoms with Crippen molar-refractivity contribution >= 4 is 11.9 Å². The van der Waals surface area contributed by atoms with Crippen LogP contribution in [0.5, 0.6) is 0 Å². The Kier molecular flexibility index (Phi) is 15.6. The molecular weight excluding hydrogens is 400 g/mol. The normalized spacial score (nSPS) is 16.4. The maximum atomic E-state index is 12.1. The second-order valence-corrected chi connectivity index (χ2v) is 8.38. The van der Waals surface area contributed by atoms with Crippen LogP contribution < -0.4 is 0 Å². The standard InChI is InChI=1S/C24H44O7/c1-3-5-7-9-11-15-19-28-24(27,29-20-16-12-10-8-6-4-2)23-30-21(25)17-13-14-18-22(26)31-23/h23,27H,3-20H2,1-2H3. The minimum absolute atomic E-state index is 0.165. The molecule has 7 nitrogen and oxygen atoms in total. The molecule has 1 N–H and O–H groups in total. The van der Waals surface area contributed by atoms with Gasteiger partial charge in [-0.05, 0) is 25.7 Å². The Labute approximate surface area is 188 Å². The minimum atomic E-state index is -2.29. The topological polar surface area (TPSA) is 91.3 Å². The molecule has 0 spiro atoms. The van der Waals surface area contributed by atoms with Gasteiger partial charge in [-0.3, -0.25) is 9.59 Å². The molecule has 0 bridgehead atoms. The van der Waals surface area contributed by atoms with Crippen LogP contribution in [0, 0.1) is 0 Å². The van der Waals surface area contributed by atoms with Gasteiger partial charge in [0.05, 0.1) is 13.2 Å². The Morgan fingerprint density at radius 3 is 1.55 bits per heavy atom. The van der Waals surface area contributed by atoms with Gasteiger partial charge in [0, 0.05) is 12.8 Å². The number of esters is 2. The van der Waals surface area contributed by atoms with Crippen molar-refractivity contribution in [1.29, 1.82) is 0 Å². The van der Waals surface area contributed by atoms with E-state index in [9.17, 15) is 14.7 Å². The number of ether oxygens (including phenoxy) is 4. The number of aliphatic hydroxyl groups is 1. The van der Waals surface area contributed by atoms with Gasteiger partial charge in [0.25, 0.3) is 0 Å². The van der Waals surface area contributed by atoms with Crippen LogP contribution in [0.2, 0.25) is 0 Å². The predicted octanol–water partition coefficient (Wildman–Crippen LogP) is 5.37. The molecule has 0 aromatic carbocycles. The van der Waals surface area contributed by atoms with Crippen molar-refractivity contribution in [3.05, 3.63) is 0 Å². The largest absolute Gasteiger partial charge is 0.417 e. The summed E-state index contributed by atoms with van der Waals surface area (Å²) < 4.78 is 21.8. The first-order valence-corrected chi connectivity index (χ1v) is 12.4. The minimum Gasteiger partial charge on any atom is -0.417 e. The number of unbranched alkanes of at least 4 members (excludes halogenated alkanes) is 10. The smallest absolute Gasteiger partial charge is 0.359 e. The predicted molar refractivity (Wildman–Crippen MR) is 118 cm³/mol. The summed E-state index contributed by atoms with van der Waals surface area (Å²) in [6.45, 7) is 4.80. The molecule has 0 saturated carbocycles. The molecule has 1 rings (SSSR count). The molecule has 0 aromatic heterocycles. The third-order valence-corrected chi connectivity index (χ3v) is 5.40. The van der Waals surface area contributed by atoms with E-state index in [1.165, 1.54) is 38.5 Å². The summed E-state index contributed by atoms with van der Waals surface area (Å²) in [5.74, 6) is -3.36. The molecule has 0 amide bonds. The molecule has 1 heterocycles. The van der Waals surface area contributed by atoms with Gasteiger partial charge in [0.15, 0.2) is 0 Å². The zero-order valence-electron chi connectivity index (χ0n) is 19.7. The van der Waals surface area contributed by atoms with Gasteiger partial charge in [-0.2, -0.15) is 0 Å². The third kappa shape index (κ3) is 13.1. The summed E-state index contributed by atoms with van der Waals surface area (Å²) in [5, 5.41) is 11.1. The van der Waals surface area contributed by atoms with E-state index in [0.29, 0.717) is 12.8 Å². The summed E-state index contributed by atoms with van der Waals surface area (Å²) in [7, 11) is 0. The SMILES string of the molecule is CCCCCCCCOC(O)(OCCCCCCCC)C1OC(=O)CCCCC(=O)O1. The highest BCUT2D eigenvalue weighted by atomic mass is 16.9. The van der Waals surface area contributed by atoms with Crippen LogP contribution in [0.4, 0.5) is 0 Å². The highest BCUT2D eigenvalue weighted by Crippen LogP contribution is 2.24. The molecule has 0 aromatic rings. The van der Waals surface area contributed by atoms with Crippen molar-refractivity contribution in [3.8, 4) is 0 Å². The molecule has 0 aliphatic carbocycles. The molecule has 31 heavy (non-hydrogen) atoms. The van der Waals surface area contributed by atoms with Crippen molar-refractivity contribution < 1.29 is 33.6 Å². The zero-order valence-corrected chi connectivity index (χ0v) is 19.7. The first-order valence-electron chi connectivity index (χ1n) is 12.4. The molecule has 0 atom stereocenters. The zero-order chi connectivity index (χ0) is 22.8. The molecule has 0 radical (unpaired) electrons. The molecule has 1 fully saturated rings. The van der Waals surface area contributed by atoms with E-state index in [1.54, 1.807) is 0 Å². The second-order valence-electron chi connectivity index (χ2n) is 8.38. The van der Waals surface area contributed by atoms with E-state index in [0.717, 1.165) is 38.5 Å². The maximum Gasteiger partial charge on any atom is 0.359 e. The van der Waals surface area contributed by atoms with Gasteiger partial charge in [0.1, 0.15) is 0 Å². The quantitative estimate of drug-likeness (QED) is 0.183. The van der Waals surface area contributed by atoms with E-state index in [-0.39, 0.29) is 26.1 Å². The molecule has 1 aliphatic heterocycles. The fourth-order valence-corrected chi connectivity index (χ4v) is 3.45. The first kappa shape index (κ1) is 27.9. The Bertz CT molecular complexity index is 443. The lowest BCUT2D eigenvalue weighted by Crippen LogP contribution is -2.52. The van der Waals surface area contributed by atoms with Crippen molar-refractivity contribution in [1.82, 2.24) is 0 Å². The summed E-state index contributed by atoms with van der Waals surface area (Å²) in [6, 6.07) is 0. The summed E-state index contributed by atoms with van der Waals surface area (Å²) >= 11 is 0. The summed E-state index contributed by atoms with van der Waals surface area (Å²) in [5.41, 5.74) is 0. The second kappa shape index (κ2) is 17.4. The van der Waals surface area contributed by atoms with Gasteiger partial charge in [-0.25, -0.2) is 0 Å². The number of cyclic esters (lactones) is 2. The number of carbonyl (C=O) groups excluding carboxylic acids is 2. The molecule has 182 valence electrons. The highest BCUT2D eigenvalue weighted by molar-refractivity contribution is 5.72. The third-order valence-electron chi connectivity index (χ3n) is 5.40. The van der Waals surface area contributed by atoms with E-state index < -0.39 is 24.2 Å². The molecule has 1 saturated heterocycles. The average Bonchev–Trinajstić information content (AvgIpc) is 2.83. The van der Waals surface area contributed by atoms with Crippen molar-refractivity contribution in [2.75, 3.05) is 13.2 Å². The van der Waals surface area contributed by atoms with Crippen molar-refractivity contribution in [2.24, 2.45) is 0 Å². The van der Waals surface area contributed by atoms with Crippen LogP contribution >= 0.6 is 0 Å². The van der Waals surface area contributed by atoms with Gasteiger partial charge >= 0.3 is 24.2 Å². The lowest BCUT2D eigenvalue weighted by atomic mass is 10.1.